The summed E-state index contributed by atoms with van der Waals surface area (Å²) < 4.78 is 5.08. The minimum Gasteiger partial charge on any atom is -0.385 e. The Bertz CT molecular complexity index is 1110. The monoisotopic (exact) mass is 450 g/mol. The number of para-hydroxylation sites is 1. The molecule has 2 fully saturated rings. The van der Waals surface area contributed by atoms with Crippen LogP contribution in [0.3, 0.4) is 0 Å². The number of ketones is 1. The van der Waals surface area contributed by atoms with E-state index in [0.717, 1.165) is 11.3 Å². The standard InChI is InChI=1S/C25H23ClN2O4/c1-32-14-4-13-27-24(30)20-19-12-9-15-5-2-3-6-18(15)28(19)22(21(20)25(27)31)23(29)16-7-10-17(26)11-8-16/h2-3,5-12,19-22H,4,13-14H2,1H3/t19-,20+,21+,22+/m1/s1. The Kier molecular flexibility index (Phi) is 5.35. The predicted octanol–water partition coefficient (Wildman–Crippen LogP) is 3.44. The average Bonchev–Trinajstić information content (AvgIpc) is 3.28. The van der Waals surface area contributed by atoms with Crippen LogP contribution in [0.15, 0.2) is 54.6 Å². The van der Waals surface area contributed by atoms with Crippen molar-refractivity contribution in [3.8, 4) is 0 Å². The van der Waals surface area contributed by atoms with E-state index < -0.39 is 17.9 Å². The number of amides is 2. The molecule has 6 nitrogen and oxygen atoms in total. The van der Waals surface area contributed by atoms with Crippen molar-refractivity contribution in [1.82, 2.24) is 4.90 Å². The molecule has 7 heteroatoms. The van der Waals surface area contributed by atoms with Gasteiger partial charge in [-0.2, -0.15) is 0 Å². The number of methoxy groups -OCH3 is 1. The van der Waals surface area contributed by atoms with Crippen molar-refractivity contribution in [2.75, 3.05) is 25.2 Å². The molecule has 5 rings (SSSR count). The van der Waals surface area contributed by atoms with Gasteiger partial charge in [0.25, 0.3) is 0 Å². The summed E-state index contributed by atoms with van der Waals surface area (Å²) in [6, 6.07) is 13.3. The van der Waals surface area contributed by atoms with Gasteiger partial charge >= 0.3 is 0 Å². The maximum atomic E-state index is 13.8. The Morgan fingerprint density at radius 2 is 1.75 bits per heavy atom. The predicted molar refractivity (Wildman–Crippen MR) is 122 cm³/mol. The molecule has 2 amide bonds. The van der Waals surface area contributed by atoms with Crippen molar-refractivity contribution in [3.05, 3.63) is 70.8 Å². The average molecular weight is 451 g/mol. The normalized spacial score (nSPS) is 25.7. The largest absolute Gasteiger partial charge is 0.385 e. The van der Waals surface area contributed by atoms with Crippen LogP contribution < -0.4 is 4.90 Å². The number of ether oxygens (including phenoxy) is 1. The highest BCUT2D eigenvalue weighted by atomic mass is 35.5. The topological polar surface area (TPSA) is 66.9 Å². The van der Waals surface area contributed by atoms with Crippen molar-refractivity contribution < 1.29 is 19.1 Å². The second kappa shape index (κ2) is 8.19. The van der Waals surface area contributed by atoms with Gasteiger partial charge in [-0.05, 0) is 42.3 Å². The van der Waals surface area contributed by atoms with E-state index in [0.29, 0.717) is 30.2 Å². The Morgan fingerprint density at radius 3 is 2.50 bits per heavy atom. The first-order valence-electron chi connectivity index (χ1n) is 10.7. The van der Waals surface area contributed by atoms with E-state index in [1.54, 1.807) is 31.4 Å². The number of likely N-dealkylation sites (tertiary alicyclic amines) is 1. The Hall–Kier alpha value is -2.96. The fraction of sp³-hybridized carbons (Fsp3) is 0.320. The van der Waals surface area contributed by atoms with Crippen LogP contribution >= 0.6 is 11.6 Å². The lowest BCUT2D eigenvalue weighted by Gasteiger charge is -2.36. The van der Waals surface area contributed by atoms with Gasteiger partial charge in [0.2, 0.25) is 11.8 Å². The fourth-order valence-corrected chi connectivity index (χ4v) is 5.37. The molecule has 0 radical (unpaired) electrons. The number of benzene rings is 2. The molecule has 0 spiro atoms. The molecule has 32 heavy (non-hydrogen) atoms. The number of nitrogens with zero attached hydrogens (tertiary/aromatic N) is 2. The first-order valence-corrected chi connectivity index (χ1v) is 11.1. The van der Waals surface area contributed by atoms with Crippen LogP contribution in [0.25, 0.3) is 6.08 Å². The molecular weight excluding hydrogens is 428 g/mol. The van der Waals surface area contributed by atoms with Crippen LogP contribution in [0.4, 0.5) is 5.69 Å². The number of rotatable bonds is 6. The third-order valence-electron chi connectivity index (χ3n) is 6.63. The maximum absolute atomic E-state index is 13.8. The lowest BCUT2D eigenvalue weighted by molar-refractivity contribution is -0.140. The number of hydrogen-bond donors (Lipinski definition) is 0. The quantitative estimate of drug-likeness (QED) is 0.383. The zero-order valence-corrected chi connectivity index (χ0v) is 18.4. The number of halogens is 1. The van der Waals surface area contributed by atoms with Gasteiger partial charge in [0.1, 0.15) is 6.04 Å². The van der Waals surface area contributed by atoms with Gasteiger partial charge in [0, 0.05) is 36.5 Å². The van der Waals surface area contributed by atoms with Crippen LogP contribution in [0.1, 0.15) is 22.3 Å². The first kappa shape index (κ1) is 20.9. The molecule has 0 aromatic heterocycles. The second-order valence-electron chi connectivity index (χ2n) is 8.36. The van der Waals surface area contributed by atoms with Crippen LogP contribution in [0.2, 0.25) is 5.02 Å². The van der Waals surface area contributed by atoms with Gasteiger partial charge in [-0.15, -0.1) is 0 Å². The molecule has 2 aromatic rings. The number of carbonyl (C=O) groups is 3. The third-order valence-corrected chi connectivity index (χ3v) is 6.89. The second-order valence-corrected chi connectivity index (χ2v) is 8.79. The Balaban J connectivity index is 1.58. The molecule has 164 valence electrons. The fourth-order valence-electron chi connectivity index (χ4n) is 5.25. The van der Waals surface area contributed by atoms with Crippen LogP contribution in [-0.2, 0) is 14.3 Å². The van der Waals surface area contributed by atoms with Crippen molar-refractivity contribution in [2.24, 2.45) is 11.8 Å². The SMILES string of the molecule is COCCCN1C(=O)[C@@H]2[C@H](C1=O)[C@@H](C(=O)c1ccc(Cl)cc1)N1c3ccccc3C=C[C@H]21. The molecule has 0 unspecified atom stereocenters. The van der Waals surface area contributed by atoms with E-state index in [1.165, 1.54) is 4.90 Å². The molecule has 4 atom stereocenters. The molecule has 0 aliphatic carbocycles. The number of anilines is 1. The Morgan fingerprint density at radius 1 is 1.03 bits per heavy atom. The molecule has 2 aromatic carbocycles. The summed E-state index contributed by atoms with van der Waals surface area (Å²) >= 11 is 6.02. The molecule has 0 bridgehead atoms. The van der Waals surface area contributed by atoms with Gasteiger partial charge < -0.3 is 9.64 Å². The summed E-state index contributed by atoms with van der Waals surface area (Å²) in [5, 5.41) is 0.534. The molecule has 3 aliphatic heterocycles. The third kappa shape index (κ3) is 3.17. The summed E-state index contributed by atoms with van der Waals surface area (Å²) in [5.74, 6) is -1.97. The maximum Gasteiger partial charge on any atom is 0.235 e. The van der Waals surface area contributed by atoms with Crippen molar-refractivity contribution in [2.45, 2.75) is 18.5 Å². The zero-order valence-electron chi connectivity index (χ0n) is 17.6. The van der Waals surface area contributed by atoms with E-state index in [4.69, 9.17) is 16.3 Å². The minimum absolute atomic E-state index is 0.177. The van der Waals surface area contributed by atoms with E-state index in [2.05, 4.69) is 0 Å². The molecule has 2 saturated heterocycles. The Labute approximate surface area is 191 Å². The number of carbonyl (C=O) groups excluding carboxylic acids is 3. The highest BCUT2D eigenvalue weighted by Crippen LogP contribution is 2.49. The molecule has 0 saturated carbocycles. The van der Waals surface area contributed by atoms with Gasteiger partial charge in [-0.25, -0.2) is 0 Å². The van der Waals surface area contributed by atoms with Crippen LogP contribution in [-0.4, -0.2) is 54.8 Å². The number of fused-ring (bicyclic) bond motifs is 5. The number of hydrogen-bond acceptors (Lipinski definition) is 5. The van der Waals surface area contributed by atoms with Gasteiger partial charge in [0.15, 0.2) is 5.78 Å². The van der Waals surface area contributed by atoms with Crippen LogP contribution in [0.5, 0.6) is 0 Å². The van der Waals surface area contributed by atoms with E-state index in [9.17, 15) is 14.4 Å². The number of imide groups is 1. The zero-order chi connectivity index (χ0) is 22.4. The van der Waals surface area contributed by atoms with Crippen molar-refractivity contribution in [1.29, 1.82) is 0 Å². The molecule has 3 aliphatic rings. The van der Waals surface area contributed by atoms with E-state index in [-0.39, 0.29) is 23.6 Å². The first-order chi connectivity index (χ1) is 15.5. The van der Waals surface area contributed by atoms with Crippen LogP contribution in [0, 0.1) is 11.8 Å². The van der Waals surface area contributed by atoms with E-state index >= 15 is 0 Å². The van der Waals surface area contributed by atoms with E-state index in [1.807, 2.05) is 41.3 Å². The van der Waals surface area contributed by atoms with Gasteiger partial charge in [0.05, 0.1) is 17.9 Å². The summed E-state index contributed by atoms with van der Waals surface area (Å²) in [4.78, 5) is 43.9. The summed E-state index contributed by atoms with van der Waals surface area (Å²) in [6.45, 7) is 0.760. The van der Waals surface area contributed by atoms with Gasteiger partial charge in [-0.3, -0.25) is 19.3 Å². The van der Waals surface area contributed by atoms with Gasteiger partial charge in [-0.1, -0.05) is 42.0 Å². The lowest BCUT2D eigenvalue weighted by atomic mass is 9.86. The summed E-state index contributed by atoms with van der Waals surface area (Å²) in [6.07, 6.45) is 4.50. The van der Waals surface area contributed by atoms with Crippen molar-refractivity contribution >= 4 is 41.0 Å². The lowest BCUT2D eigenvalue weighted by Crippen LogP contribution is -2.48. The number of Topliss-reactive ketones (excluding diaryl/α,β-unsaturated/α-hetero) is 1. The van der Waals surface area contributed by atoms with Crippen molar-refractivity contribution in [3.63, 3.8) is 0 Å². The smallest absolute Gasteiger partial charge is 0.235 e. The summed E-state index contributed by atoms with van der Waals surface area (Å²) in [7, 11) is 1.59. The highest BCUT2D eigenvalue weighted by Gasteiger charge is 2.63. The minimum atomic E-state index is -0.763. The molecule has 3 heterocycles. The highest BCUT2D eigenvalue weighted by molar-refractivity contribution is 6.30. The summed E-state index contributed by atoms with van der Waals surface area (Å²) in [5.41, 5.74) is 2.31. The molecular formula is C25H23ClN2O4. The molecule has 0 N–H and O–H groups in total.